The van der Waals surface area contributed by atoms with Crippen LogP contribution in [0.5, 0.6) is 17.2 Å². The first kappa shape index (κ1) is 25.7. The maximum atomic E-state index is 14.3. The van der Waals surface area contributed by atoms with E-state index in [9.17, 15) is 9.18 Å². The van der Waals surface area contributed by atoms with Crippen molar-refractivity contribution >= 4 is 17.3 Å². The van der Waals surface area contributed by atoms with E-state index in [-0.39, 0.29) is 17.8 Å². The highest BCUT2D eigenvalue weighted by molar-refractivity contribution is 6.09. The fourth-order valence-corrected chi connectivity index (χ4v) is 5.79. The number of carbonyl (C=O) groups is 1. The minimum Gasteiger partial charge on any atom is -0.493 e. The van der Waals surface area contributed by atoms with E-state index < -0.39 is 11.6 Å². The fourth-order valence-electron chi connectivity index (χ4n) is 5.79. The first-order valence-electron chi connectivity index (χ1n) is 13.0. The molecule has 4 aromatic carbocycles. The van der Waals surface area contributed by atoms with Gasteiger partial charge in [-0.05, 0) is 35.4 Å². The van der Waals surface area contributed by atoms with Crippen LogP contribution in [0, 0.1) is 5.82 Å². The zero-order chi connectivity index (χ0) is 27.9. The molecule has 8 heteroatoms. The Hall–Kier alpha value is -4.56. The molecule has 0 aliphatic carbocycles. The molecule has 6 rings (SSSR count). The van der Waals surface area contributed by atoms with Crippen molar-refractivity contribution in [1.82, 2.24) is 0 Å². The van der Waals surface area contributed by atoms with Gasteiger partial charge in [0, 0.05) is 18.6 Å². The Morgan fingerprint density at radius 2 is 1.38 bits per heavy atom. The number of halogens is 1. The lowest BCUT2D eigenvalue weighted by atomic mass is 9.73. The number of hydrogen-bond acceptors (Lipinski definition) is 6. The lowest BCUT2D eigenvalue weighted by Gasteiger charge is -2.53. The number of ether oxygens (including phenoxy) is 3. The van der Waals surface area contributed by atoms with Crippen molar-refractivity contribution < 1.29 is 28.2 Å². The molecule has 0 N–H and O–H groups in total. The highest BCUT2D eigenvalue weighted by Crippen LogP contribution is 2.59. The van der Waals surface area contributed by atoms with Crippen molar-refractivity contribution in [3.63, 3.8) is 0 Å². The molecule has 3 atom stereocenters. The second-order valence-corrected chi connectivity index (χ2v) is 9.79. The van der Waals surface area contributed by atoms with Crippen LogP contribution in [0.2, 0.25) is 0 Å². The molecule has 4 aromatic rings. The molecule has 0 bridgehead atoms. The molecule has 2 aliphatic rings. The van der Waals surface area contributed by atoms with Crippen LogP contribution >= 0.6 is 0 Å². The van der Waals surface area contributed by atoms with Gasteiger partial charge in [0.15, 0.2) is 11.5 Å². The largest absolute Gasteiger partial charge is 0.493 e. The minimum absolute atomic E-state index is 0.213. The number of benzene rings is 4. The third-order valence-corrected chi connectivity index (χ3v) is 7.63. The first-order chi connectivity index (χ1) is 19.5. The Labute approximate surface area is 232 Å². The summed E-state index contributed by atoms with van der Waals surface area (Å²) in [4.78, 5) is 22.7. The maximum Gasteiger partial charge on any atom is 0.265 e. The van der Waals surface area contributed by atoms with Crippen molar-refractivity contribution in [2.45, 2.75) is 24.1 Å². The van der Waals surface area contributed by atoms with Gasteiger partial charge >= 0.3 is 0 Å². The Balaban J connectivity index is 1.49. The van der Waals surface area contributed by atoms with E-state index in [2.05, 4.69) is 0 Å². The summed E-state index contributed by atoms with van der Waals surface area (Å²) in [6.07, 6.45) is 0.397. The first-order valence-corrected chi connectivity index (χ1v) is 13.0. The van der Waals surface area contributed by atoms with Crippen molar-refractivity contribution in [3.8, 4) is 17.2 Å². The molecule has 40 heavy (non-hydrogen) atoms. The van der Waals surface area contributed by atoms with Gasteiger partial charge in [0.05, 0.1) is 38.7 Å². The minimum atomic E-state index is -1.23. The van der Waals surface area contributed by atoms with Crippen LogP contribution in [-0.4, -0.2) is 32.8 Å². The highest BCUT2D eigenvalue weighted by Gasteiger charge is 2.68. The summed E-state index contributed by atoms with van der Waals surface area (Å²) in [5.41, 5.74) is 1.94. The summed E-state index contributed by atoms with van der Waals surface area (Å²) < 4.78 is 30.6. The van der Waals surface area contributed by atoms with Crippen molar-refractivity contribution in [3.05, 3.63) is 114 Å². The average molecular weight is 541 g/mol. The number of hydrogen-bond donors (Lipinski definition) is 0. The quantitative estimate of drug-likeness (QED) is 0.258. The molecule has 2 saturated heterocycles. The van der Waals surface area contributed by atoms with Crippen LogP contribution in [0.1, 0.15) is 29.6 Å². The molecule has 0 unspecified atom stereocenters. The van der Waals surface area contributed by atoms with Gasteiger partial charge in [0.1, 0.15) is 11.9 Å². The number of nitrogens with zero attached hydrogens (tertiary/aromatic N) is 2. The number of methoxy groups -OCH3 is 3. The molecular weight excluding hydrogens is 511 g/mol. The van der Waals surface area contributed by atoms with Crippen molar-refractivity contribution in [2.24, 2.45) is 0 Å². The standard InChI is InChI=1S/C32H29FN2O5/c1-37-27-18-25(19-28(38-2)29(27)39-3)34-30(22-14-16-23(33)17-15-22)32(31(34)36)20-26(21-10-6-4-7-11-21)35(40-32)24-12-8-5-9-13-24/h4-19,26,30H,20H2,1-3H3/t26-,30-,32-/m0/s1. The summed E-state index contributed by atoms with van der Waals surface area (Å²) in [7, 11) is 4.58. The van der Waals surface area contributed by atoms with Crippen LogP contribution in [0.15, 0.2) is 97.1 Å². The second kappa shape index (κ2) is 10.2. The normalized spacial score (nSPS) is 21.9. The molecule has 0 saturated carbocycles. The van der Waals surface area contributed by atoms with Crippen LogP contribution < -0.4 is 24.2 Å². The van der Waals surface area contributed by atoms with E-state index in [1.54, 1.807) is 29.2 Å². The van der Waals surface area contributed by atoms with Gasteiger partial charge in [0.25, 0.3) is 5.91 Å². The SMILES string of the molecule is COc1cc(N2C(=O)[C@]3(C[C@@H](c4ccccc4)N(c4ccccc4)O3)[C@@H]2c2ccc(F)cc2)cc(OC)c1OC. The Kier molecular flexibility index (Phi) is 6.56. The zero-order valence-corrected chi connectivity index (χ0v) is 22.4. The molecule has 0 radical (unpaired) electrons. The van der Waals surface area contributed by atoms with E-state index in [0.29, 0.717) is 29.4 Å². The predicted octanol–water partition coefficient (Wildman–Crippen LogP) is 6.26. The van der Waals surface area contributed by atoms with Crippen LogP contribution in [0.3, 0.4) is 0 Å². The van der Waals surface area contributed by atoms with Gasteiger partial charge in [-0.1, -0.05) is 60.7 Å². The lowest BCUT2D eigenvalue weighted by Crippen LogP contribution is -2.69. The molecule has 204 valence electrons. The molecule has 1 spiro atoms. The van der Waals surface area contributed by atoms with Gasteiger partial charge in [-0.25, -0.2) is 9.45 Å². The van der Waals surface area contributed by atoms with Crippen molar-refractivity contribution in [1.29, 1.82) is 0 Å². The summed E-state index contributed by atoms with van der Waals surface area (Å²) >= 11 is 0. The average Bonchev–Trinajstić information content (AvgIpc) is 3.44. The van der Waals surface area contributed by atoms with Crippen LogP contribution in [0.25, 0.3) is 0 Å². The van der Waals surface area contributed by atoms with Crippen LogP contribution in [0.4, 0.5) is 15.8 Å². The third-order valence-electron chi connectivity index (χ3n) is 7.63. The second-order valence-electron chi connectivity index (χ2n) is 9.79. The third kappa shape index (κ3) is 4.03. The fraction of sp³-hybridized carbons (Fsp3) is 0.219. The van der Waals surface area contributed by atoms with E-state index in [1.807, 2.05) is 65.7 Å². The molecule has 2 aliphatic heterocycles. The zero-order valence-electron chi connectivity index (χ0n) is 22.4. The van der Waals surface area contributed by atoms with Gasteiger partial charge in [-0.15, -0.1) is 0 Å². The summed E-state index contributed by atoms with van der Waals surface area (Å²) in [5.74, 6) is 0.692. The van der Waals surface area contributed by atoms with E-state index in [0.717, 1.165) is 16.8 Å². The van der Waals surface area contributed by atoms with Gasteiger partial charge < -0.3 is 14.2 Å². The molecule has 0 aromatic heterocycles. The number of rotatable bonds is 7. The molecule has 1 amide bonds. The summed E-state index contributed by atoms with van der Waals surface area (Å²) in [6.45, 7) is 0. The van der Waals surface area contributed by atoms with E-state index in [4.69, 9.17) is 19.0 Å². The predicted molar refractivity (Wildman–Crippen MR) is 149 cm³/mol. The Morgan fingerprint density at radius 3 is 1.95 bits per heavy atom. The topological polar surface area (TPSA) is 60.5 Å². The molecule has 7 nitrogen and oxygen atoms in total. The Bertz CT molecular complexity index is 1440. The maximum absolute atomic E-state index is 14.3. The molecular formula is C32H29FN2O5. The van der Waals surface area contributed by atoms with Crippen LogP contribution in [-0.2, 0) is 9.63 Å². The van der Waals surface area contributed by atoms with Gasteiger partial charge in [-0.3, -0.25) is 14.5 Å². The summed E-state index contributed by atoms with van der Waals surface area (Å²) in [6, 6.07) is 28.6. The van der Waals surface area contributed by atoms with Crippen molar-refractivity contribution in [2.75, 3.05) is 31.3 Å². The molecule has 2 heterocycles. The van der Waals surface area contributed by atoms with Gasteiger partial charge in [-0.2, -0.15) is 0 Å². The summed E-state index contributed by atoms with van der Waals surface area (Å²) in [5, 5.41) is 1.83. The smallest absolute Gasteiger partial charge is 0.265 e. The Morgan fingerprint density at radius 1 is 0.775 bits per heavy atom. The highest BCUT2D eigenvalue weighted by atomic mass is 19.1. The number of anilines is 2. The van der Waals surface area contributed by atoms with E-state index in [1.165, 1.54) is 33.5 Å². The lowest BCUT2D eigenvalue weighted by molar-refractivity contribution is -0.158. The number of hydroxylamine groups is 1. The van der Waals surface area contributed by atoms with E-state index >= 15 is 0 Å². The number of para-hydroxylation sites is 1. The number of β-lactam (4-membered cyclic amide) rings is 1. The number of amides is 1. The number of carbonyl (C=O) groups excluding carboxylic acids is 1. The van der Waals surface area contributed by atoms with Gasteiger partial charge in [0.2, 0.25) is 11.4 Å². The molecule has 2 fully saturated rings. The monoisotopic (exact) mass is 540 g/mol.